The highest BCUT2D eigenvalue weighted by atomic mass is 79.9. The first-order valence-corrected chi connectivity index (χ1v) is 10.6. The molecule has 0 spiro atoms. The summed E-state index contributed by atoms with van der Waals surface area (Å²) in [5.74, 6) is -0.333. The molecule has 2 amide bonds. The number of likely N-dealkylation sites (tertiary alicyclic amines) is 1. The second kappa shape index (κ2) is 8.03. The third kappa shape index (κ3) is 4.43. The number of carbonyl (C=O) groups excluding carboxylic acids is 2. The van der Waals surface area contributed by atoms with Gasteiger partial charge in [0.1, 0.15) is 6.61 Å². The highest BCUT2D eigenvalue weighted by Gasteiger charge is 2.36. The van der Waals surface area contributed by atoms with Crippen LogP contribution in [0.2, 0.25) is 0 Å². The summed E-state index contributed by atoms with van der Waals surface area (Å²) in [6.07, 6.45) is 0.639. The molecule has 8 nitrogen and oxygen atoms in total. The third-order valence-electron chi connectivity index (χ3n) is 4.43. The summed E-state index contributed by atoms with van der Waals surface area (Å²) >= 11 is 3.21. The zero-order chi connectivity index (χ0) is 18.7. The predicted octanol–water partition coefficient (Wildman–Crippen LogP) is 0.233. The Hall–Kier alpha value is -1.49. The zero-order valence-electron chi connectivity index (χ0n) is 14.0. The van der Waals surface area contributed by atoms with E-state index in [2.05, 4.69) is 26.0 Å². The van der Waals surface area contributed by atoms with Gasteiger partial charge in [0, 0.05) is 30.5 Å². The fourth-order valence-electron chi connectivity index (χ4n) is 3.12. The number of benzene rings is 1. The van der Waals surface area contributed by atoms with Gasteiger partial charge in [-0.3, -0.25) is 9.59 Å². The number of piperidine rings is 1. The molecule has 2 atom stereocenters. The van der Waals surface area contributed by atoms with Crippen LogP contribution in [0, 0.1) is 0 Å². The lowest BCUT2D eigenvalue weighted by molar-refractivity contribution is -0.146. The van der Waals surface area contributed by atoms with E-state index >= 15 is 0 Å². The maximum absolute atomic E-state index is 12.4. The van der Waals surface area contributed by atoms with Gasteiger partial charge in [0.05, 0.1) is 17.0 Å². The van der Waals surface area contributed by atoms with Crippen molar-refractivity contribution in [2.45, 2.75) is 29.9 Å². The van der Waals surface area contributed by atoms with Crippen LogP contribution in [-0.2, 0) is 24.3 Å². The molecule has 2 aliphatic heterocycles. The van der Waals surface area contributed by atoms with Gasteiger partial charge >= 0.3 is 0 Å². The van der Waals surface area contributed by atoms with E-state index in [-0.39, 0.29) is 48.4 Å². The van der Waals surface area contributed by atoms with E-state index in [0.29, 0.717) is 24.0 Å². The number of fused-ring (bicyclic) bond motifs is 1. The van der Waals surface area contributed by atoms with Crippen LogP contribution < -0.4 is 10.0 Å². The molecule has 2 aliphatic rings. The van der Waals surface area contributed by atoms with Crippen LogP contribution in [0.1, 0.15) is 12.8 Å². The van der Waals surface area contributed by atoms with E-state index in [1.54, 1.807) is 23.1 Å². The number of hydrogen-bond donors (Lipinski definition) is 2. The molecule has 1 aromatic carbocycles. The molecule has 10 heteroatoms. The van der Waals surface area contributed by atoms with Gasteiger partial charge in [-0.1, -0.05) is 12.1 Å². The Morgan fingerprint density at radius 2 is 2.15 bits per heavy atom. The van der Waals surface area contributed by atoms with Gasteiger partial charge in [-0.15, -0.1) is 0 Å². The molecule has 0 aliphatic carbocycles. The van der Waals surface area contributed by atoms with E-state index in [0.717, 1.165) is 0 Å². The fraction of sp³-hybridized carbons (Fsp3) is 0.500. The van der Waals surface area contributed by atoms with Crippen molar-refractivity contribution in [3.05, 3.63) is 28.7 Å². The molecule has 2 heterocycles. The molecule has 2 unspecified atom stereocenters. The maximum Gasteiger partial charge on any atom is 0.246 e. The van der Waals surface area contributed by atoms with Crippen molar-refractivity contribution in [1.29, 1.82) is 0 Å². The summed E-state index contributed by atoms with van der Waals surface area (Å²) in [5, 5.41) is 2.84. The molecule has 0 aromatic heterocycles. The lowest BCUT2D eigenvalue weighted by Crippen LogP contribution is -2.61. The quantitative estimate of drug-likeness (QED) is 0.674. The predicted molar refractivity (Wildman–Crippen MR) is 96.8 cm³/mol. The van der Waals surface area contributed by atoms with Crippen molar-refractivity contribution in [3.8, 4) is 0 Å². The number of halogens is 1. The number of nitrogens with one attached hydrogen (secondary N) is 2. The highest BCUT2D eigenvalue weighted by molar-refractivity contribution is 9.10. The first-order chi connectivity index (χ1) is 12.4. The number of ether oxygens (including phenoxy) is 1. The molecule has 2 fully saturated rings. The molecule has 142 valence electrons. The number of sulfonamides is 1. The normalized spacial score (nSPS) is 23.3. The van der Waals surface area contributed by atoms with Crippen LogP contribution in [0.3, 0.4) is 0 Å². The van der Waals surface area contributed by atoms with Crippen molar-refractivity contribution in [2.24, 2.45) is 0 Å². The lowest BCUT2D eigenvalue weighted by atomic mass is 10.0. The van der Waals surface area contributed by atoms with E-state index in [1.165, 1.54) is 6.07 Å². The molecule has 3 rings (SSSR count). The van der Waals surface area contributed by atoms with Crippen molar-refractivity contribution >= 4 is 37.8 Å². The van der Waals surface area contributed by atoms with E-state index in [4.69, 9.17) is 4.74 Å². The van der Waals surface area contributed by atoms with Crippen LogP contribution in [0.4, 0.5) is 0 Å². The average Bonchev–Trinajstić information content (AvgIpc) is 2.61. The van der Waals surface area contributed by atoms with Gasteiger partial charge in [0.25, 0.3) is 0 Å². The summed E-state index contributed by atoms with van der Waals surface area (Å²) in [4.78, 5) is 25.6. The number of hydrogen-bond acceptors (Lipinski definition) is 5. The summed E-state index contributed by atoms with van der Waals surface area (Å²) in [7, 11) is -3.69. The van der Waals surface area contributed by atoms with Crippen molar-refractivity contribution in [2.75, 3.05) is 26.2 Å². The third-order valence-corrected chi connectivity index (χ3v) is 6.91. The summed E-state index contributed by atoms with van der Waals surface area (Å²) in [6, 6.07) is 6.29. The van der Waals surface area contributed by atoms with Crippen LogP contribution in [0.15, 0.2) is 33.6 Å². The van der Waals surface area contributed by atoms with E-state index in [9.17, 15) is 18.0 Å². The standard InChI is InChI=1S/C16H20BrN3O5S/c17-11-3-1-2-4-14(11)26(23,24)18-7-5-16(22)20-8-6-13-12(9-20)19-15(21)10-25-13/h1-4,12-13,18H,5-10H2,(H,19,21). The molecule has 1 aromatic rings. The Balaban J connectivity index is 1.51. The van der Waals surface area contributed by atoms with Gasteiger partial charge in [-0.2, -0.15) is 0 Å². The maximum atomic E-state index is 12.4. The largest absolute Gasteiger partial charge is 0.366 e. The van der Waals surface area contributed by atoms with Crippen molar-refractivity contribution in [1.82, 2.24) is 14.9 Å². The molecule has 2 saturated heterocycles. The molecule has 0 saturated carbocycles. The monoisotopic (exact) mass is 445 g/mol. The first-order valence-electron chi connectivity index (χ1n) is 8.30. The minimum atomic E-state index is -3.69. The minimum absolute atomic E-state index is 0.00988. The Morgan fingerprint density at radius 1 is 1.38 bits per heavy atom. The minimum Gasteiger partial charge on any atom is -0.366 e. The smallest absolute Gasteiger partial charge is 0.246 e. The molecule has 2 N–H and O–H groups in total. The zero-order valence-corrected chi connectivity index (χ0v) is 16.4. The topological polar surface area (TPSA) is 105 Å². The summed E-state index contributed by atoms with van der Waals surface area (Å²) < 4.78 is 33.0. The Kier molecular flexibility index (Phi) is 5.96. The number of amides is 2. The van der Waals surface area contributed by atoms with Crippen LogP contribution in [-0.4, -0.2) is 63.5 Å². The van der Waals surface area contributed by atoms with Gasteiger partial charge in [0.15, 0.2) is 0 Å². The van der Waals surface area contributed by atoms with Crippen molar-refractivity contribution in [3.63, 3.8) is 0 Å². The SMILES string of the molecule is O=C1COC2CCN(C(=O)CCNS(=O)(=O)c3ccccc3Br)CC2N1. The number of nitrogens with zero attached hydrogens (tertiary/aromatic N) is 1. The van der Waals surface area contributed by atoms with Crippen LogP contribution in [0.5, 0.6) is 0 Å². The van der Waals surface area contributed by atoms with Crippen molar-refractivity contribution < 1.29 is 22.7 Å². The molecule has 0 bridgehead atoms. The second-order valence-corrected chi connectivity index (χ2v) is 8.82. The first kappa shape index (κ1) is 19.3. The molecule has 26 heavy (non-hydrogen) atoms. The lowest BCUT2D eigenvalue weighted by Gasteiger charge is -2.41. The number of carbonyl (C=O) groups is 2. The fourth-order valence-corrected chi connectivity index (χ4v) is 5.15. The molecule has 0 radical (unpaired) electrons. The Bertz CT molecular complexity index is 801. The number of morpholine rings is 1. The van der Waals surface area contributed by atoms with E-state index < -0.39 is 10.0 Å². The van der Waals surface area contributed by atoms with Gasteiger partial charge in [-0.05, 0) is 34.5 Å². The van der Waals surface area contributed by atoms with Gasteiger partial charge < -0.3 is 15.0 Å². The van der Waals surface area contributed by atoms with E-state index in [1.807, 2.05) is 0 Å². The summed E-state index contributed by atoms with van der Waals surface area (Å²) in [6.45, 7) is 0.987. The van der Waals surface area contributed by atoms with Gasteiger partial charge in [0.2, 0.25) is 21.8 Å². The number of rotatable bonds is 5. The molecular formula is C16H20BrN3O5S. The average molecular weight is 446 g/mol. The van der Waals surface area contributed by atoms with Crippen LogP contribution in [0.25, 0.3) is 0 Å². The highest BCUT2D eigenvalue weighted by Crippen LogP contribution is 2.21. The molecular weight excluding hydrogens is 426 g/mol. The van der Waals surface area contributed by atoms with Gasteiger partial charge in [-0.25, -0.2) is 13.1 Å². The summed E-state index contributed by atoms with van der Waals surface area (Å²) in [5.41, 5.74) is 0. The Labute approximate surface area is 160 Å². The second-order valence-electron chi connectivity index (χ2n) is 6.23. The van der Waals surface area contributed by atoms with Crippen LogP contribution >= 0.6 is 15.9 Å². The Morgan fingerprint density at radius 3 is 2.92 bits per heavy atom.